The summed E-state index contributed by atoms with van der Waals surface area (Å²) in [7, 11) is 6.33. The molecule has 2 aromatic rings. The summed E-state index contributed by atoms with van der Waals surface area (Å²) in [6.45, 7) is 0. The Morgan fingerprint density at radius 3 is 2.58 bits per heavy atom. The van der Waals surface area contributed by atoms with Crippen LogP contribution in [0.2, 0.25) is 0 Å². The highest BCUT2D eigenvalue weighted by atomic mass is 32.1. The summed E-state index contributed by atoms with van der Waals surface area (Å²) < 4.78 is 13.5. The van der Waals surface area contributed by atoms with Crippen LogP contribution in [0.1, 0.15) is 23.6 Å². The van der Waals surface area contributed by atoms with Crippen LogP contribution in [-0.2, 0) is 14.1 Å². The van der Waals surface area contributed by atoms with E-state index in [0.29, 0.717) is 23.6 Å². The third kappa shape index (κ3) is 2.84. The molecule has 0 spiro atoms. The standard InChI is InChI=1S/C17H20N4O4S/c1-20-15(22)14(16(23)21(2)17(20)26)11-8-10(18-19-11)9-5-6-12(24-3)13(7-9)25-4/h5-7,10,18,22H,8H2,1-4H3/t10-/m0/s1. The fourth-order valence-corrected chi connectivity index (χ4v) is 3.12. The minimum Gasteiger partial charge on any atom is -0.494 e. The maximum absolute atomic E-state index is 12.6. The van der Waals surface area contributed by atoms with Crippen molar-refractivity contribution >= 4 is 17.9 Å². The van der Waals surface area contributed by atoms with Gasteiger partial charge >= 0.3 is 0 Å². The van der Waals surface area contributed by atoms with E-state index < -0.39 is 0 Å². The number of hydrogen-bond donors (Lipinski definition) is 2. The SMILES string of the molecule is COc1ccc([C@@H]2CC(c3c(O)n(C)c(=S)n(C)c3=O)=NN2)cc1OC. The number of nitrogens with zero attached hydrogens (tertiary/aromatic N) is 3. The maximum atomic E-state index is 12.6. The number of aromatic nitrogens is 2. The van der Waals surface area contributed by atoms with Gasteiger partial charge in [0, 0.05) is 20.5 Å². The molecule has 2 heterocycles. The first-order valence-corrected chi connectivity index (χ1v) is 8.33. The van der Waals surface area contributed by atoms with Crippen molar-refractivity contribution in [3.8, 4) is 17.4 Å². The first-order chi connectivity index (χ1) is 12.4. The van der Waals surface area contributed by atoms with Crippen LogP contribution in [-0.4, -0.2) is 34.2 Å². The second kappa shape index (κ2) is 6.83. The van der Waals surface area contributed by atoms with Crippen molar-refractivity contribution in [3.63, 3.8) is 0 Å². The molecular formula is C17H20N4O4S. The lowest BCUT2D eigenvalue weighted by molar-refractivity contribution is 0.354. The number of rotatable bonds is 4. The molecule has 1 atom stereocenters. The highest BCUT2D eigenvalue weighted by Crippen LogP contribution is 2.33. The number of nitrogens with one attached hydrogen (secondary N) is 1. The van der Waals surface area contributed by atoms with Crippen LogP contribution in [0.5, 0.6) is 17.4 Å². The van der Waals surface area contributed by atoms with E-state index in [1.807, 2.05) is 18.2 Å². The van der Waals surface area contributed by atoms with E-state index in [1.165, 1.54) is 9.13 Å². The third-order valence-electron chi connectivity index (χ3n) is 4.49. The van der Waals surface area contributed by atoms with Crippen molar-refractivity contribution in [3.05, 3.63) is 44.5 Å². The molecule has 0 fully saturated rings. The van der Waals surface area contributed by atoms with Crippen molar-refractivity contribution in [1.82, 2.24) is 14.6 Å². The highest BCUT2D eigenvalue weighted by Gasteiger charge is 2.27. The molecule has 0 radical (unpaired) electrons. The van der Waals surface area contributed by atoms with Gasteiger partial charge in [-0.3, -0.25) is 13.9 Å². The van der Waals surface area contributed by atoms with Crippen LogP contribution >= 0.6 is 12.2 Å². The fraction of sp³-hybridized carbons (Fsp3) is 0.353. The number of hydrazone groups is 1. The average molecular weight is 376 g/mol. The molecule has 8 nitrogen and oxygen atoms in total. The monoisotopic (exact) mass is 376 g/mol. The molecule has 1 aliphatic rings. The lowest BCUT2D eigenvalue weighted by Gasteiger charge is -2.14. The Morgan fingerprint density at radius 1 is 1.23 bits per heavy atom. The maximum Gasteiger partial charge on any atom is 0.267 e. The molecule has 1 aromatic heterocycles. The lowest BCUT2D eigenvalue weighted by Crippen LogP contribution is -2.28. The number of ether oxygens (including phenoxy) is 2. The van der Waals surface area contributed by atoms with Crippen LogP contribution in [0, 0.1) is 4.77 Å². The normalized spacial score (nSPS) is 16.2. The lowest BCUT2D eigenvalue weighted by atomic mass is 9.99. The third-order valence-corrected chi connectivity index (χ3v) is 5.03. The zero-order chi connectivity index (χ0) is 19.0. The smallest absolute Gasteiger partial charge is 0.267 e. The van der Waals surface area contributed by atoms with Gasteiger partial charge in [-0.15, -0.1) is 0 Å². The fourth-order valence-electron chi connectivity index (χ4n) is 2.95. The molecule has 0 saturated carbocycles. The predicted octanol–water partition coefficient (Wildman–Crippen LogP) is 1.61. The van der Waals surface area contributed by atoms with Crippen molar-refractivity contribution in [2.75, 3.05) is 14.2 Å². The number of methoxy groups -OCH3 is 2. The number of aromatic hydroxyl groups is 1. The number of benzene rings is 1. The molecule has 2 N–H and O–H groups in total. The van der Waals surface area contributed by atoms with E-state index in [1.54, 1.807) is 28.3 Å². The molecule has 0 aliphatic carbocycles. The Balaban J connectivity index is 1.95. The van der Waals surface area contributed by atoms with Gasteiger partial charge in [0.2, 0.25) is 5.88 Å². The summed E-state index contributed by atoms with van der Waals surface area (Å²) in [5, 5.41) is 14.7. The molecule has 0 saturated heterocycles. The largest absolute Gasteiger partial charge is 0.494 e. The van der Waals surface area contributed by atoms with Crippen molar-refractivity contribution in [2.24, 2.45) is 19.2 Å². The molecule has 26 heavy (non-hydrogen) atoms. The quantitative estimate of drug-likeness (QED) is 0.788. The first-order valence-electron chi connectivity index (χ1n) is 7.92. The van der Waals surface area contributed by atoms with Gasteiger partial charge in [-0.1, -0.05) is 6.07 Å². The predicted molar refractivity (Wildman–Crippen MR) is 99.7 cm³/mol. The molecular weight excluding hydrogens is 356 g/mol. The molecule has 0 bridgehead atoms. The second-order valence-corrected chi connectivity index (χ2v) is 6.33. The summed E-state index contributed by atoms with van der Waals surface area (Å²) >= 11 is 5.14. The molecule has 138 valence electrons. The van der Waals surface area contributed by atoms with E-state index in [-0.39, 0.29) is 27.8 Å². The molecule has 3 rings (SSSR count). The van der Waals surface area contributed by atoms with Gasteiger partial charge in [0.25, 0.3) is 5.56 Å². The first kappa shape index (κ1) is 18.0. The van der Waals surface area contributed by atoms with Crippen LogP contribution in [0.15, 0.2) is 28.1 Å². The summed E-state index contributed by atoms with van der Waals surface area (Å²) in [4.78, 5) is 12.6. The summed E-state index contributed by atoms with van der Waals surface area (Å²) in [6.07, 6.45) is 0.440. The molecule has 1 aromatic carbocycles. The van der Waals surface area contributed by atoms with Gasteiger partial charge in [0.05, 0.1) is 26.0 Å². The van der Waals surface area contributed by atoms with Gasteiger partial charge in [-0.2, -0.15) is 5.10 Å². The zero-order valence-corrected chi connectivity index (χ0v) is 15.8. The van der Waals surface area contributed by atoms with Gasteiger partial charge in [-0.05, 0) is 29.9 Å². The minimum atomic E-state index is -0.376. The minimum absolute atomic E-state index is 0.151. The topological polar surface area (TPSA) is 90.0 Å². The Morgan fingerprint density at radius 2 is 1.92 bits per heavy atom. The molecule has 0 amide bonds. The van der Waals surface area contributed by atoms with Crippen LogP contribution < -0.4 is 20.5 Å². The van der Waals surface area contributed by atoms with Crippen molar-refractivity contribution in [2.45, 2.75) is 12.5 Å². The van der Waals surface area contributed by atoms with Gasteiger partial charge < -0.3 is 20.0 Å². The van der Waals surface area contributed by atoms with Gasteiger partial charge in [0.1, 0.15) is 5.56 Å². The molecule has 9 heteroatoms. The summed E-state index contributed by atoms with van der Waals surface area (Å²) in [5.41, 5.74) is 4.20. The van der Waals surface area contributed by atoms with E-state index in [9.17, 15) is 9.90 Å². The molecule has 1 aliphatic heterocycles. The van der Waals surface area contributed by atoms with Crippen molar-refractivity contribution < 1.29 is 14.6 Å². The molecule has 0 unspecified atom stereocenters. The second-order valence-electron chi connectivity index (χ2n) is 5.96. The number of hydrogen-bond acceptors (Lipinski definition) is 7. The van der Waals surface area contributed by atoms with E-state index in [4.69, 9.17) is 21.7 Å². The van der Waals surface area contributed by atoms with Crippen LogP contribution in [0.25, 0.3) is 0 Å². The Hall–Kier alpha value is -2.81. The van der Waals surface area contributed by atoms with E-state index in [2.05, 4.69) is 10.5 Å². The summed E-state index contributed by atoms with van der Waals surface area (Å²) in [6, 6.07) is 5.43. The van der Waals surface area contributed by atoms with E-state index in [0.717, 1.165) is 5.56 Å². The Bertz CT molecular complexity index is 1010. The Labute approximate surface area is 155 Å². The van der Waals surface area contributed by atoms with Crippen LogP contribution in [0.4, 0.5) is 0 Å². The highest BCUT2D eigenvalue weighted by molar-refractivity contribution is 7.71. The Kier molecular flexibility index (Phi) is 4.73. The van der Waals surface area contributed by atoms with Crippen molar-refractivity contribution in [1.29, 1.82) is 0 Å². The zero-order valence-electron chi connectivity index (χ0n) is 14.9. The van der Waals surface area contributed by atoms with Gasteiger partial charge in [-0.25, -0.2) is 0 Å². The summed E-state index contributed by atoms with van der Waals surface area (Å²) in [5.74, 6) is 1.06. The van der Waals surface area contributed by atoms with Crippen LogP contribution in [0.3, 0.4) is 0 Å². The van der Waals surface area contributed by atoms with Gasteiger partial charge in [0.15, 0.2) is 16.3 Å². The average Bonchev–Trinajstić information content (AvgIpc) is 3.14. The van der Waals surface area contributed by atoms with E-state index >= 15 is 0 Å².